The number of amides is 2. The van der Waals surface area contributed by atoms with E-state index in [1.54, 1.807) is 37.3 Å². The van der Waals surface area contributed by atoms with Gasteiger partial charge < -0.3 is 10.2 Å². The Hall–Kier alpha value is -3.43. The average Bonchev–Trinajstić information content (AvgIpc) is 2.88. The van der Waals surface area contributed by atoms with Crippen molar-refractivity contribution in [2.75, 3.05) is 17.9 Å². The Balaban J connectivity index is 2.05. The molecule has 3 aromatic rings. The minimum Gasteiger partial charge on any atom is -0.357 e. The maximum atomic E-state index is 13.8. The summed E-state index contributed by atoms with van der Waals surface area (Å²) in [5, 5.41) is 2.86. The Morgan fingerprint density at radius 1 is 1.03 bits per heavy atom. The van der Waals surface area contributed by atoms with Gasteiger partial charge in [0.05, 0.1) is 10.6 Å². The summed E-state index contributed by atoms with van der Waals surface area (Å²) < 4.78 is 41.9. The van der Waals surface area contributed by atoms with Gasteiger partial charge in [-0.25, -0.2) is 12.8 Å². The van der Waals surface area contributed by atoms with Crippen LogP contribution in [0.5, 0.6) is 0 Å². The van der Waals surface area contributed by atoms with Crippen LogP contribution in [0.15, 0.2) is 77.7 Å². The molecule has 7 nitrogen and oxygen atoms in total. The second-order valence-corrected chi connectivity index (χ2v) is 10.8. The normalized spacial score (nSPS) is 12.0. The summed E-state index contributed by atoms with van der Waals surface area (Å²) in [7, 11) is -2.71. The van der Waals surface area contributed by atoms with Crippen molar-refractivity contribution in [3.8, 4) is 0 Å². The number of hydrogen-bond donors (Lipinski definition) is 1. The van der Waals surface area contributed by atoms with Crippen LogP contribution in [0, 0.1) is 12.7 Å². The lowest BCUT2D eigenvalue weighted by Gasteiger charge is -2.33. The van der Waals surface area contributed by atoms with Crippen molar-refractivity contribution in [3.63, 3.8) is 0 Å². The van der Waals surface area contributed by atoms with Gasteiger partial charge in [-0.1, -0.05) is 54.4 Å². The van der Waals surface area contributed by atoms with Gasteiger partial charge in [0.1, 0.15) is 18.4 Å². The molecule has 0 aliphatic rings. The first-order chi connectivity index (χ1) is 17.6. The van der Waals surface area contributed by atoms with E-state index in [1.807, 2.05) is 6.92 Å². The molecule has 2 amide bonds. The number of carbonyl (C=O) groups is 2. The molecule has 3 aromatic carbocycles. The highest BCUT2D eigenvalue weighted by Gasteiger charge is 2.33. The molecule has 1 N–H and O–H groups in total. The lowest BCUT2D eigenvalue weighted by atomic mass is 10.1. The van der Waals surface area contributed by atoms with Gasteiger partial charge in [0.2, 0.25) is 11.8 Å². The Morgan fingerprint density at radius 3 is 2.24 bits per heavy atom. The molecule has 0 spiro atoms. The number of hydrogen-bond acceptors (Lipinski definition) is 4. The van der Waals surface area contributed by atoms with E-state index < -0.39 is 40.2 Å². The summed E-state index contributed by atoms with van der Waals surface area (Å²) in [6, 6.07) is 17.2. The Kier molecular flexibility index (Phi) is 9.29. The number of halogens is 2. The van der Waals surface area contributed by atoms with E-state index in [1.165, 1.54) is 54.4 Å². The number of rotatable bonds is 10. The van der Waals surface area contributed by atoms with Crippen molar-refractivity contribution in [2.24, 2.45) is 0 Å². The zero-order valence-corrected chi connectivity index (χ0v) is 22.4. The molecule has 196 valence electrons. The zero-order chi connectivity index (χ0) is 27.2. The van der Waals surface area contributed by atoms with Crippen LogP contribution in [-0.2, 0) is 26.2 Å². The third-order valence-corrected chi connectivity index (χ3v) is 7.91. The summed E-state index contributed by atoms with van der Waals surface area (Å²) in [5.74, 6) is -1.43. The highest BCUT2D eigenvalue weighted by atomic mass is 35.5. The van der Waals surface area contributed by atoms with Crippen molar-refractivity contribution < 1.29 is 22.4 Å². The van der Waals surface area contributed by atoms with Gasteiger partial charge in [-0.05, 0) is 61.4 Å². The Bertz CT molecular complexity index is 1350. The van der Waals surface area contributed by atoms with Crippen molar-refractivity contribution >= 4 is 39.1 Å². The van der Waals surface area contributed by atoms with Crippen LogP contribution in [-0.4, -0.2) is 44.8 Å². The van der Waals surface area contributed by atoms with E-state index in [-0.39, 0.29) is 23.5 Å². The topological polar surface area (TPSA) is 86.8 Å². The van der Waals surface area contributed by atoms with Gasteiger partial charge in [0, 0.05) is 18.6 Å². The molecule has 0 fully saturated rings. The number of carbonyl (C=O) groups excluding carboxylic acids is 2. The van der Waals surface area contributed by atoms with Crippen LogP contribution in [0.1, 0.15) is 24.5 Å². The van der Waals surface area contributed by atoms with Gasteiger partial charge >= 0.3 is 0 Å². The van der Waals surface area contributed by atoms with Gasteiger partial charge in [-0.2, -0.15) is 0 Å². The largest absolute Gasteiger partial charge is 0.357 e. The number of nitrogens with zero attached hydrogens (tertiary/aromatic N) is 2. The van der Waals surface area contributed by atoms with Crippen LogP contribution < -0.4 is 9.62 Å². The van der Waals surface area contributed by atoms with Crippen molar-refractivity contribution in [2.45, 2.75) is 37.8 Å². The van der Waals surface area contributed by atoms with Crippen molar-refractivity contribution in [1.82, 2.24) is 10.2 Å². The first-order valence-electron chi connectivity index (χ1n) is 11.7. The molecule has 0 aliphatic carbocycles. The van der Waals surface area contributed by atoms with Gasteiger partial charge in [-0.3, -0.25) is 13.9 Å². The number of sulfonamides is 1. The minimum absolute atomic E-state index is 0.00861. The Morgan fingerprint density at radius 2 is 1.68 bits per heavy atom. The van der Waals surface area contributed by atoms with E-state index in [4.69, 9.17) is 11.6 Å². The smallest absolute Gasteiger partial charge is 0.264 e. The van der Waals surface area contributed by atoms with E-state index in [9.17, 15) is 22.4 Å². The predicted octanol–water partition coefficient (Wildman–Crippen LogP) is 4.54. The molecule has 0 radical (unpaired) electrons. The standard InChI is InChI=1S/C27H29ClFN3O4S/c1-4-25(27(34)30-3)31(17-20-10-12-22(29)13-11-20)26(33)18-32(23-7-5-6-21(28)16-23)37(35,36)24-14-8-19(2)9-15-24/h5-16,25H,4,17-18H2,1-3H3,(H,30,34)/t25-/m1/s1. The van der Waals surface area contributed by atoms with E-state index in [2.05, 4.69) is 5.32 Å². The molecular weight excluding hydrogens is 517 g/mol. The van der Waals surface area contributed by atoms with Crippen molar-refractivity contribution in [3.05, 3.63) is 94.8 Å². The first kappa shape index (κ1) is 28.1. The quantitative estimate of drug-likeness (QED) is 0.405. The minimum atomic E-state index is -4.18. The van der Waals surface area contributed by atoms with E-state index in [0.29, 0.717) is 10.6 Å². The van der Waals surface area contributed by atoms with Crippen LogP contribution in [0.4, 0.5) is 10.1 Å². The Labute approximate surface area is 221 Å². The molecule has 10 heteroatoms. The fourth-order valence-corrected chi connectivity index (χ4v) is 5.46. The molecule has 3 rings (SSSR count). The third kappa shape index (κ3) is 6.87. The molecule has 0 aromatic heterocycles. The first-order valence-corrected chi connectivity index (χ1v) is 13.5. The van der Waals surface area contributed by atoms with Crippen molar-refractivity contribution in [1.29, 1.82) is 0 Å². The van der Waals surface area contributed by atoms with Crippen LogP contribution in [0.3, 0.4) is 0 Å². The lowest BCUT2D eigenvalue weighted by molar-refractivity contribution is -0.140. The molecular formula is C27H29ClFN3O4S. The molecule has 0 saturated carbocycles. The summed E-state index contributed by atoms with van der Waals surface area (Å²) in [6.07, 6.45) is 0.286. The van der Waals surface area contributed by atoms with Gasteiger partial charge in [0.15, 0.2) is 0 Å². The van der Waals surface area contributed by atoms with Crippen LogP contribution in [0.2, 0.25) is 5.02 Å². The predicted molar refractivity (Wildman–Crippen MR) is 142 cm³/mol. The summed E-state index contributed by atoms with van der Waals surface area (Å²) >= 11 is 6.16. The molecule has 0 bridgehead atoms. The number of anilines is 1. The third-order valence-electron chi connectivity index (χ3n) is 5.88. The van der Waals surface area contributed by atoms with Gasteiger partial charge in [-0.15, -0.1) is 0 Å². The molecule has 0 aliphatic heterocycles. The SMILES string of the molecule is CC[C@H](C(=O)NC)N(Cc1ccc(F)cc1)C(=O)CN(c1cccc(Cl)c1)S(=O)(=O)c1ccc(C)cc1. The highest BCUT2D eigenvalue weighted by Crippen LogP contribution is 2.27. The number of likely N-dealkylation sites (N-methyl/N-ethyl adjacent to an activating group) is 1. The summed E-state index contributed by atoms with van der Waals surface area (Å²) in [6.45, 7) is 3.00. The van der Waals surface area contributed by atoms with Crippen LogP contribution >= 0.6 is 11.6 Å². The van der Waals surface area contributed by atoms with Gasteiger partial charge in [0.25, 0.3) is 10.0 Å². The maximum absolute atomic E-state index is 13.8. The molecule has 0 unspecified atom stereocenters. The van der Waals surface area contributed by atoms with Crippen LogP contribution in [0.25, 0.3) is 0 Å². The fourth-order valence-electron chi connectivity index (χ4n) is 3.87. The zero-order valence-electron chi connectivity index (χ0n) is 20.8. The molecule has 37 heavy (non-hydrogen) atoms. The summed E-state index contributed by atoms with van der Waals surface area (Å²) in [5.41, 5.74) is 1.68. The number of nitrogens with one attached hydrogen (secondary N) is 1. The van der Waals surface area contributed by atoms with E-state index in [0.717, 1.165) is 9.87 Å². The number of benzene rings is 3. The highest BCUT2D eigenvalue weighted by molar-refractivity contribution is 7.92. The fraction of sp³-hybridized carbons (Fsp3) is 0.259. The lowest BCUT2D eigenvalue weighted by Crippen LogP contribution is -2.51. The second kappa shape index (κ2) is 12.2. The second-order valence-electron chi connectivity index (χ2n) is 8.49. The van der Waals surface area contributed by atoms with E-state index >= 15 is 0 Å². The maximum Gasteiger partial charge on any atom is 0.264 e. The number of aryl methyl sites for hydroxylation is 1. The average molecular weight is 546 g/mol. The summed E-state index contributed by atoms with van der Waals surface area (Å²) in [4.78, 5) is 27.8. The molecule has 1 atom stereocenters. The monoisotopic (exact) mass is 545 g/mol. The molecule has 0 heterocycles. The molecule has 0 saturated heterocycles.